The number of nitrogens with one attached hydrogen (secondary N) is 1. The third kappa shape index (κ3) is 2.53. The maximum absolute atomic E-state index is 13.4. The molecular formula is C12H17F3N4O2. The Morgan fingerprint density at radius 3 is 2.86 bits per heavy atom. The lowest BCUT2D eigenvalue weighted by atomic mass is 9.86. The van der Waals surface area contributed by atoms with Crippen LogP contribution < -0.4 is 5.32 Å². The van der Waals surface area contributed by atoms with Gasteiger partial charge < -0.3 is 19.5 Å². The van der Waals surface area contributed by atoms with Crippen LogP contribution in [-0.2, 0) is 10.2 Å². The van der Waals surface area contributed by atoms with Gasteiger partial charge in [0.15, 0.2) is 5.41 Å². The van der Waals surface area contributed by atoms with Crippen LogP contribution in [0.25, 0.3) is 0 Å². The number of ether oxygens (including phenoxy) is 1. The predicted molar refractivity (Wildman–Crippen MR) is 65.7 cm³/mol. The molecule has 2 aliphatic rings. The number of halogens is 3. The molecule has 2 saturated heterocycles. The molecule has 2 atom stereocenters. The lowest BCUT2D eigenvalue weighted by molar-refractivity contribution is -0.191. The van der Waals surface area contributed by atoms with E-state index in [-0.39, 0.29) is 31.2 Å². The Hall–Kier alpha value is -1.19. The van der Waals surface area contributed by atoms with Crippen molar-refractivity contribution < 1.29 is 22.4 Å². The maximum Gasteiger partial charge on any atom is 0.404 e. The number of nitrogens with zero attached hydrogens (tertiary/aromatic N) is 3. The summed E-state index contributed by atoms with van der Waals surface area (Å²) in [5, 5.41) is 6.44. The largest absolute Gasteiger partial charge is 0.404 e. The van der Waals surface area contributed by atoms with Crippen LogP contribution in [0.1, 0.15) is 24.2 Å². The van der Waals surface area contributed by atoms with Gasteiger partial charge in [-0.25, -0.2) is 0 Å². The molecule has 3 heterocycles. The van der Waals surface area contributed by atoms with E-state index < -0.39 is 17.7 Å². The smallest absolute Gasteiger partial charge is 0.367 e. The highest BCUT2D eigenvalue weighted by Crippen LogP contribution is 2.44. The molecule has 1 aromatic heterocycles. The van der Waals surface area contributed by atoms with Gasteiger partial charge in [-0.1, -0.05) is 5.16 Å². The Morgan fingerprint density at radius 1 is 1.43 bits per heavy atom. The zero-order valence-electron chi connectivity index (χ0n) is 11.6. The third-order valence-electron chi connectivity index (χ3n) is 4.11. The minimum absolute atomic E-state index is 0.0937. The summed E-state index contributed by atoms with van der Waals surface area (Å²) in [6, 6.07) is 0. The Kier molecular flexibility index (Phi) is 3.66. The summed E-state index contributed by atoms with van der Waals surface area (Å²) < 4.78 is 50.7. The van der Waals surface area contributed by atoms with Gasteiger partial charge in [0.05, 0.1) is 6.61 Å². The summed E-state index contributed by atoms with van der Waals surface area (Å²) in [6.07, 6.45) is -4.96. The first-order valence-electron chi connectivity index (χ1n) is 6.84. The van der Waals surface area contributed by atoms with Crippen molar-refractivity contribution in [1.82, 2.24) is 20.4 Å². The fraction of sp³-hybridized carbons (Fsp3) is 0.833. The topological polar surface area (TPSA) is 63.4 Å². The Balaban J connectivity index is 1.86. The molecule has 0 bridgehead atoms. The van der Waals surface area contributed by atoms with Crippen LogP contribution in [-0.4, -0.2) is 61.1 Å². The Morgan fingerprint density at radius 2 is 2.24 bits per heavy atom. The van der Waals surface area contributed by atoms with E-state index in [0.29, 0.717) is 13.2 Å². The summed E-state index contributed by atoms with van der Waals surface area (Å²) in [5.41, 5.74) is -2.08. The molecule has 2 fully saturated rings. The van der Waals surface area contributed by atoms with Gasteiger partial charge in [0.25, 0.3) is 0 Å². The number of aromatic nitrogens is 2. The fourth-order valence-electron chi connectivity index (χ4n) is 2.73. The molecule has 6 nitrogen and oxygen atoms in total. The molecular weight excluding hydrogens is 289 g/mol. The molecule has 1 N–H and O–H groups in total. The van der Waals surface area contributed by atoms with E-state index in [2.05, 4.69) is 15.5 Å². The van der Waals surface area contributed by atoms with E-state index in [9.17, 15) is 13.2 Å². The van der Waals surface area contributed by atoms with Gasteiger partial charge in [0, 0.05) is 19.6 Å². The lowest BCUT2D eigenvalue weighted by Gasteiger charge is -2.28. The molecule has 2 aliphatic heterocycles. The van der Waals surface area contributed by atoms with Crippen molar-refractivity contribution in [2.75, 3.05) is 39.8 Å². The van der Waals surface area contributed by atoms with E-state index in [1.807, 2.05) is 11.9 Å². The highest BCUT2D eigenvalue weighted by atomic mass is 19.4. The quantitative estimate of drug-likeness (QED) is 0.874. The van der Waals surface area contributed by atoms with E-state index in [1.54, 1.807) is 0 Å². The summed E-state index contributed by atoms with van der Waals surface area (Å²) in [5.74, 6) is -0.182. The minimum atomic E-state index is -4.43. The van der Waals surface area contributed by atoms with Crippen LogP contribution in [0.2, 0.25) is 0 Å². The van der Waals surface area contributed by atoms with Crippen molar-refractivity contribution in [3.05, 3.63) is 11.7 Å². The van der Waals surface area contributed by atoms with Crippen molar-refractivity contribution in [2.24, 2.45) is 0 Å². The first-order chi connectivity index (χ1) is 9.92. The second kappa shape index (κ2) is 5.22. The van der Waals surface area contributed by atoms with Gasteiger partial charge in [-0.05, 0) is 20.0 Å². The molecule has 0 saturated carbocycles. The minimum Gasteiger partial charge on any atom is -0.367 e. The maximum atomic E-state index is 13.4. The van der Waals surface area contributed by atoms with Crippen molar-refractivity contribution in [3.8, 4) is 0 Å². The van der Waals surface area contributed by atoms with E-state index >= 15 is 0 Å². The number of likely N-dealkylation sites (N-methyl/N-ethyl adjacent to an activating group) is 1. The number of alkyl halides is 3. The van der Waals surface area contributed by atoms with Gasteiger partial charge in [-0.3, -0.25) is 0 Å². The normalized spacial score (nSPS) is 31.7. The molecule has 118 valence electrons. The molecule has 0 aliphatic carbocycles. The average Bonchev–Trinajstić information content (AvgIpc) is 3.08. The SMILES string of the molecule is CN1CCOC(c2noc(C3(C(F)(F)F)CCNC3)n2)C1. The second-order valence-corrected chi connectivity index (χ2v) is 5.59. The molecule has 3 rings (SSSR count). The zero-order chi connectivity index (χ0) is 15.1. The summed E-state index contributed by atoms with van der Waals surface area (Å²) in [7, 11) is 1.91. The van der Waals surface area contributed by atoms with Gasteiger partial charge in [-0.2, -0.15) is 18.2 Å². The zero-order valence-corrected chi connectivity index (χ0v) is 11.6. The number of hydrogen-bond donors (Lipinski definition) is 1. The van der Waals surface area contributed by atoms with Crippen LogP contribution in [0, 0.1) is 0 Å². The lowest BCUT2D eigenvalue weighted by Crippen LogP contribution is -2.44. The van der Waals surface area contributed by atoms with Crippen molar-refractivity contribution in [1.29, 1.82) is 0 Å². The number of rotatable bonds is 2. The first kappa shape index (κ1) is 14.7. The molecule has 9 heteroatoms. The van der Waals surface area contributed by atoms with E-state index in [1.165, 1.54) is 0 Å². The molecule has 0 amide bonds. The number of morpholine rings is 1. The van der Waals surface area contributed by atoms with Crippen molar-refractivity contribution in [3.63, 3.8) is 0 Å². The average molecular weight is 306 g/mol. The summed E-state index contributed by atoms with van der Waals surface area (Å²) >= 11 is 0. The van der Waals surface area contributed by atoms with Gasteiger partial charge in [0.2, 0.25) is 11.7 Å². The molecule has 0 aromatic carbocycles. The van der Waals surface area contributed by atoms with E-state index in [4.69, 9.17) is 9.26 Å². The van der Waals surface area contributed by atoms with E-state index in [0.717, 1.165) is 6.54 Å². The van der Waals surface area contributed by atoms with Crippen LogP contribution in [0.3, 0.4) is 0 Å². The fourth-order valence-corrected chi connectivity index (χ4v) is 2.73. The predicted octanol–water partition coefficient (Wildman–Crippen LogP) is 0.866. The second-order valence-electron chi connectivity index (χ2n) is 5.59. The van der Waals surface area contributed by atoms with Crippen molar-refractivity contribution >= 4 is 0 Å². The molecule has 0 radical (unpaired) electrons. The van der Waals surface area contributed by atoms with Gasteiger partial charge in [-0.15, -0.1) is 0 Å². The number of hydrogen-bond acceptors (Lipinski definition) is 6. The molecule has 2 unspecified atom stereocenters. The third-order valence-corrected chi connectivity index (χ3v) is 4.11. The highest BCUT2D eigenvalue weighted by Gasteiger charge is 2.61. The highest BCUT2D eigenvalue weighted by molar-refractivity contribution is 5.15. The Labute approximate surface area is 119 Å². The first-order valence-corrected chi connectivity index (χ1v) is 6.84. The van der Waals surface area contributed by atoms with Crippen molar-refractivity contribution in [2.45, 2.75) is 24.1 Å². The molecule has 0 spiro atoms. The summed E-state index contributed by atoms with van der Waals surface area (Å²) in [4.78, 5) is 6.01. The monoisotopic (exact) mass is 306 g/mol. The van der Waals surface area contributed by atoms with Gasteiger partial charge in [0.1, 0.15) is 6.10 Å². The van der Waals surface area contributed by atoms with Crippen LogP contribution in [0.15, 0.2) is 4.52 Å². The van der Waals surface area contributed by atoms with Gasteiger partial charge >= 0.3 is 6.18 Å². The summed E-state index contributed by atoms with van der Waals surface area (Å²) in [6.45, 7) is 1.86. The van der Waals surface area contributed by atoms with Crippen LogP contribution in [0.4, 0.5) is 13.2 Å². The Bertz CT molecular complexity index is 499. The van der Waals surface area contributed by atoms with Crippen LogP contribution in [0.5, 0.6) is 0 Å². The molecule has 1 aromatic rings. The van der Waals surface area contributed by atoms with Crippen LogP contribution >= 0.6 is 0 Å². The standard InChI is InChI=1S/C12H17F3N4O2/c1-19-4-5-20-8(6-19)9-17-10(21-18-9)11(12(13,14)15)2-3-16-7-11/h8,16H,2-7H2,1H3. The molecule has 21 heavy (non-hydrogen) atoms.